The van der Waals surface area contributed by atoms with Crippen molar-refractivity contribution >= 4 is 21.9 Å². The van der Waals surface area contributed by atoms with Gasteiger partial charge in [-0.15, -0.1) is 0 Å². The van der Waals surface area contributed by atoms with E-state index in [4.69, 9.17) is 10.00 Å². The molecule has 0 aliphatic rings. The number of rotatable bonds is 4. The molecular formula is C12H13BrN2O2. The van der Waals surface area contributed by atoms with Crippen LogP contribution in [0.15, 0.2) is 28.7 Å². The molecule has 0 unspecified atom stereocenters. The molecule has 1 atom stereocenters. The van der Waals surface area contributed by atoms with Gasteiger partial charge in [0.15, 0.2) is 0 Å². The van der Waals surface area contributed by atoms with Gasteiger partial charge in [0.25, 0.3) is 0 Å². The second-order valence-electron chi connectivity index (χ2n) is 3.55. The van der Waals surface area contributed by atoms with Crippen molar-refractivity contribution in [3.05, 3.63) is 34.3 Å². The van der Waals surface area contributed by atoms with Crippen molar-refractivity contribution < 1.29 is 9.53 Å². The number of hydrogen-bond donors (Lipinski definition) is 0. The van der Waals surface area contributed by atoms with Gasteiger partial charge in [-0.05, 0) is 24.7 Å². The quantitative estimate of drug-likeness (QED) is 0.631. The maximum absolute atomic E-state index is 11.7. The Balaban J connectivity index is 3.02. The van der Waals surface area contributed by atoms with E-state index < -0.39 is 6.04 Å². The predicted molar refractivity (Wildman–Crippen MR) is 67.1 cm³/mol. The summed E-state index contributed by atoms with van der Waals surface area (Å²) in [6.07, 6.45) is 0. The molecule has 4 nitrogen and oxygen atoms in total. The normalized spacial score (nSPS) is 11.9. The Bertz CT molecular complexity index is 425. The molecule has 1 aromatic carbocycles. The number of benzene rings is 1. The van der Waals surface area contributed by atoms with Gasteiger partial charge in [-0.2, -0.15) is 5.26 Å². The third-order valence-electron chi connectivity index (χ3n) is 2.37. The lowest BCUT2D eigenvalue weighted by Crippen LogP contribution is -2.32. The van der Waals surface area contributed by atoms with Crippen LogP contribution < -0.4 is 0 Å². The average molecular weight is 297 g/mol. The smallest absolute Gasteiger partial charge is 0.327 e. The first-order chi connectivity index (χ1) is 8.10. The van der Waals surface area contributed by atoms with Crippen molar-refractivity contribution in [2.75, 3.05) is 20.7 Å². The Morgan fingerprint density at radius 3 is 2.59 bits per heavy atom. The van der Waals surface area contributed by atoms with E-state index in [1.807, 2.05) is 30.3 Å². The average Bonchev–Trinajstić information content (AvgIpc) is 2.32. The molecule has 0 aliphatic heterocycles. The van der Waals surface area contributed by atoms with E-state index in [0.29, 0.717) is 0 Å². The molecule has 0 saturated carbocycles. The number of ether oxygens (including phenoxy) is 1. The van der Waals surface area contributed by atoms with Crippen molar-refractivity contribution in [3.63, 3.8) is 0 Å². The molecule has 0 heterocycles. The van der Waals surface area contributed by atoms with Crippen LogP contribution in [-0.4, -0.2) is 31.6 Å². The zero-order valence-electron chi connectivity index (χ0n) is 9.68. The Labute approximate surface area is 109 Å². The summed E-state index contributed by atoms with van der Waals surface area (Å²) in [5.41, 5.74) is 0.804. The van der Waals surface area contributed by atoms with Crippen LogP contribution in [0.1, 0.15) is 11.6 Å². The summed E-state index contributed by atoms with van der Waals surface area (Å²) in [4.78, 5) is 13.4. The molecule has 17 heavy (non-hydrogen) atoms. The molecule has 1 rings (SSSR count). The highest BCUT2D eigenvalue weighted by molar-refractivity contribution is 9.10. The maximum atomic E-state index is 11.7. The molecule has 5 heteroatoms. The summed E-state index contributed by atoms with van der Waals surface area (Å²) in [7, 11) is 3.06. The highest BCUT2D eigenvalue weighted by Crippen LogP contribution is 2.22. The Morgan fingerprint density at radius 2 is 2.12 bits per heavy atom. The Hall–Kier alpha value is -1.38. The highest BCUT2D eigenvalue weighted by Gasteiger charge is 2.25. The van der Waals surface area contributed by atoms with E-state index in [1.165, 1.54) is 7.11 Å². The van der Waals surface area contributed by atoms with E-state index in [1.54, 1.807) is 11.9 Å². The van der Waals surface area contributed by atoms with Crippen LogP contribution in [0.25, 0.3) is 0 Å². The van der Waals surface area contributed by atoms with E-state index >= 15 is 0 Å². The lowest BCUT2D eigenvalue weighted by molar-refractivity contribution is -0.146. The van der Waals surface area contributed by atoms with Crippen LogP contribution in [0.5, 0.6) is 0 Å². The van der Waals surface area contributed by atoms with Crippen LogP contribution in [0.2, 0.25) is 0 Å². The van der Waals surface area contributed by atoms with E-state index in [2.05, 4.69) is 15.9 Å². The van der Waals surface area contributed by atoms with E-state index in [0.717, 1.165) is 10.0 Å². The fraction of sp³-hybridized carbons (Fsp3) is 0.333. The van der Waals surface area contributed by atoms with Crippen LogP contribution in [0.3, 0.4) is 0 Å². The van der Waals surface area contributed by atoms with Crippen molar-refractivity contribution in [2.24, 2.45) is 0 Å². The van der Waals surface area contributed by atoms with E-state index in [-0.39, 0.29) is 12.5 Å². The van der Waals surface area contributed by atoms with Gasteiger partial charge in [-0.25, -0.2) is 4.79 Å². The molecule has 0 fully saturated rings. The lowest BCUT2D eigenvalue weighted by atomic mass is 10.1. The second-order valence-corrected chi connectivity index (χ2v) is 4.47. The van der Waals surface area contributed by atoms with Gasteiger partial charge in [-0.1, -0.05) is 28.1 Å². The summed E-state index contributed by atoms with van der Waals surface area (Å²) >= 11 is 3.33. The van der Waals surface area contributed by atoms with Crippen molar-refractivity contribution in [3.8, 4) is 6.07 Å². The van der Waals surface area contributed by atoms with E-state index in [9.17, 15) is 4.79 Å². The standard InChI is InChI=1S/C12H13BrN2O2/c1-15(8-7-14)11(12(16)17-2)9-3-5-10(13)6-4-9/h3-6,11H,8H2,1-2H3/t11-/m0/s1. The highest BCUT2D eigenvalue weighted by atomic mass is 79.9. The number of halogens is 1. The van der Waals surface area contributed by atoms with Gasteiger partial charge in [-0.3, -0.25) is 4.90 Å². The summed E-state index contributed by atoms with van der Waals surface area (Å²) < 4.78 is 5.70. The SMILES string of the molecule is COC(=O)[C@H](c1ccc(Br)cc1)N(C)CC#N. The zero-order chi connectivity index (χ0) is 12.8. The molecule has 0 radical (unpaired) electrons. The summed E-state index contributed by atoms with van der Waals surface area (Å²) in [5, 5.41) is 8.68. The molecule has 1 aromatic rings. The summed E-state index contributed by atoms with van der Waals surface area (Å²) in [6.45, 7) is 0.163. The molecule has 0 saturated heterocycles. The predicted octanol–water partition coefficient (Wildman–Crippen LogP) is 2.12. The van der Waals surface area contributed by atoms with Crippen molar-refractivity contribution in [1.29, 1.82) is 5.26 Å². The number of nitriles is 1. The molecule has 0 aromatic heterocycles. The van der Waals surface area contributed by atoms with Crippen molar-refractivity contribution in [1.82, 2.24) is 4.90 Å². The molecule has 0 bridgehead atoms. The fourth-order valence-electron chi connectivity index (χ4n) is 1.53. The van der Waals surface area contributed by atoms with Gasteiger partial charge in [0.1, 0.15) is 6.04 Å². The lowest BCUT2D eigenvalue weighted by Gasteiger charge is -2.23. The van der Waals surface area contributed by atoms with Crippen LogP contribution in [-0.2, 0) is 9.53 Å². The number of likely N-dealkylation sites (N-methyl/N-ethyl adjacent to an activating group) is 1. The van der Waals surface area contributed by atoms with Crippen LogP contribution >= 0.6 is 15.9 Å². The van der Waals surface area contributed by atoms with Gasteiger partial charge in [0.2, 0.25) is 0 Å². The largest absolute Gasteiger partial charge is 0.468 e. The van der Waals surface area contributed by atoms with Gasteiger partial charge >= 0.3 is 5.97 Å². The van der Waals surface area contributed by atoms with Crippen LogP contribution in [0, 0.1) is 11.3 Å². The first-order valence-electron chi connectivity index (χ1n) is 5.00. The third kappa shape index (κ3) is 3.55. The topological polar surface area (TPSA) is 53.3 Å². The monoisotopic (exact) mass is 296 g/mol. The number of hydrogen-bond acceptors (Lipinski definition) is 4. The third-order valence-corrected chi connectivity index (χ3v) is 2.90. The first kappa shape index (κ1) is 13.7. The van der Waals surface area contributed by atoms with Gasteiger partial charge in [0, 0.05) is 4.47 Å². The minimum Gasteiger partial charge on any atom is -0.468 e. The summed E-state index contributed by atoms with van der Waals surface area (Å²) in [5.74, 6) is -0.370. The first-order valence-corrected chi connectivity index (χ1v) is 5.80. The molecule has 0 aliphatic carbocycles. The maximum Gasteiger partial charge on any atom is 0.327 e. The van der Waals surface area contributed by atoms with Crippen molar-refractivity contribution in [2.45, 2.75) is 6.04 Å². The zero-order valence-corrected chi connectivity index (χ0v) is 11.3. The summed E-state index contributed by atoms with van der Waals surface area (Å²) in [6, 6.07) is 8.84. The molecule has 0 spiro atoms. The minimum absolute atomic E-state index is 0.163. The number of esters is 1. The molecular weight excluding hydrogens is 284 g/mol. The second kappa shape index (κ2) is 6.38. The fourth-order valence-corrected chi connectivity index (χ4v) is 1.79. The Kier molecular flexibility index (Phi) is 5.13. The molecule has 90 valence electrons. The minimum atomic E-state index is -0.548. The number of carbonyl (C=O) groups excluding carboxylic acids is 1. The number of nitrogens with zero attached hydrogens (tertiary/aromatic N) is 2. The van der Waals surface area contributed by atoms with Crippen LogP contribution in [0.4, 0.5) is 0 Å². The molecule has 0 N–H and O–H groups in total. The number of methoxy groups -OCH3 is 1. The number of carbonyl (C=O) groups is 1. The molecule has 0 amide bonds. The van der Waals surface area contributed by atoms with Gasteiger partial charge < -0.3 is 4.74 Å². The van der Waals surface area contributed by atoms with Gasteiger partial charge in [0.05, 0.1) is 19.7 Å². The Morgan fingerprint density at radius 1 is 1.53 bits per heavy atom.